The highest BCUT2D eigenvalue weighted by Crippen LogP contribution is 2.42. The highest BCUT2D eigenvalue weighted by Gasteiger charge is 2.52. The number of rotatable bonds is 3. The Morgan fingerprint density at radius 3 is 2.54 bits per heavy atom. The number of aliphatic hydroxyl groups is 1. The fourth-order valence-electron chi connectivity index (χ4n) is 3.87. The average molecular weight is 352 g/mol. The van der Waals surface area contributed by atoms with E-state index < -0.39 is 15.4 Å². The van der Waals surface area contributed by atoms with Crippen LogP contribution in [0.1, 0.15) is 22.3 Å². The van der Waals surface area contributed by atoms with Gasteiger partial charge < -0.3 is 10.0 Å². The van der Waals surface area contributed by atoms with Crippen molar-refractivity contribution < 1.29 is 18.3 Å². The van der Waals surface area contributed by atoms with Crippen molar-refractivity contribution in [2.75, 3.05) is 39.0 Å². The number of amides is 1. The van der Waals surface area contributed by atoms with Crippen molar-refractivity contribution in [3.05, 3.63) is 35.4 Å². The van der Waals surface area contributed by atoms with E-state index in [9.17, 15) is 18.3 Å². The Kier molecular flexibility index (Phi) is 4.44. The van der Waals surface area contributed by atoms with Gasteiger partial charge in [0.15, 0.2) is 0 Å². The molecule has 2 unspecified atom stereocenters. The van der Waals surface area contributed by atoms with E-state index >= 15 is 0 Å². The van der Waals surface area contributed by atoms with E-state index in [1.165, 1.54) is 10.6 Å². The molecule has 2 saturated heterocycles. The molecule has 1 N–H and O–H groups in total. The first kappa shape index (κ1) is 17.4. The molecule has 2 fully saturated rings. The van der Waals surface area contributed by atoms with E-state index in [0.717, 1.165) is 5.56 Å². The van der Waals surface area contributed by atoms with Crippen molar-refractivity contribution in [1.82, 2.24) is 9.21 Å². The van der Waals surface area contributed by atoms with Crippen LogP contribution in [0.5, 0.6) is 0 Å². The van der Waals surface area contributed by atoms with Gasteiger partial charge in [0.2, 0.25) is 10.0 Å². The molecule has 7 heteroatoms. The maximum atomic E-state index is 12.7. The molecular formula is C17H24N2O4S. The van der Waals surface area contributed by atoms with Gasteiger partial charge in [0.1, 0.15) is 0 Å². The van der Waals surface area contributed by atoms with Crippen LogP contribution in [0.4, 0.5) is 0 Å². The minimum atomic E-state index is -3.28. The fourth-order valence-corrected chi connectivity index (χ4v) is 4.81. The number of hydrogen-bond donors (Lipinski definition) is 1. The number of hydrogen-bond acceptors (Lipinski definition) is 4. The van der Waals surface area contributed by atoms with Gasteiger partial charge >= 0.3 is 0 Å². The maximum Gasteiger partial charge on any atom is 0.253 e. The average Bonchev–Trinajstić information content (AvgIpc) is 2.94. The number of aryl methyl sites for hydroxylation is 1. The van der Waals surface area contributed by atoms with Crippen LogP contribution in [0.15, 0.2) is 24.3 Å². The Labute approximate surface area is 143 Å². The Balaban J connectivity index is 1.81. The van der Waals surface area contributed by atoms with Crippen molar-refractivity contribution >= 4 is 15.9 Å². The molecule has 0 saturated carbocycles. The summed E-state index contributed by atoms with van der Waals surface area (Å²) < 4.78 is 25.2. The van der Waals surface area contributed by atoms with Crippen LogP contribution in [0.3, 0.4) is 0 Å². The molecule has 6 nitrogen and oxygen atoms in total. The number of sulfonamides is 1. The summed E-state index contributed by atoms with van der Waals surface area (Å²) in [7, 11) is -3.28. The molecule has 0 radical (unpaired) electrons. The van der Waals surface area contributed by atoms with Crippen LogP contribution >= 0.6 is 0 Å². The van der Waals surface area contributed by atoms with E-state index in [4.69, 9.17) is 0 Å². The summed E-state index contributed by atoms with van der Waals surface area (Å²) in [5.74, 6) is 0.0402. The normalized spacial score (nSPS) is 28.0. The number of benzene rings is 1. The van der Waals surface area contributed by atoms with Crippen LogP contribution in [0.25, 0.3) is 0 Å². The summed E-state index contributed by atoms with van der Waals surface area (Å²) in [6, 6.07) is 7.44. The predicted molar refractivity (Wildman–Crippen MR) is 91.1 cm³/mol. The number of nitrogens with zero attached hydrogens (tertiary/aromatic N) is 2. The zero-order valence-electron chi connectivity index (χ0n) is 14.1. The van der Waals surface area contributed by atoms with Crippen LogP contribution in [-0.2, 0) is 10.0 Å². The molecule has 0 spiro atoms. The second kappa shape index (κ2) is 6.13. The minimum absolute atomic E-state index is 0.0564. The molecule has 2 heterocycles. The van der Waals surface area contributed by atoms with Crippen LogP contribution in [0.2, 0.25) is 0 Å². The molecule has 0 aliphatic carbocycles. The number of aliphatic hydroxyl groups excluding tert-OH is 1. The molecule has 2 aliphatic rings. The molecular weight excluding hydrogens is 328 g/mol. The zero-order chi connectivity index (χ0) is 17.5. The zero-order valence-corrected chi connectivity index (χ0v) is 14.9. The van der Waals surface area contributed by atoms with Gasteiger partial charge in [-0.25, -0.2) is 12.7 Å². The van der Waals surface area contributed by atoms with Crippen molar-refractivity contribution in [3.63, 3.8) is 0 Å². The lowest BCUT2D eigenvalue weighted by molar-refractivity contribution is 0.0129. The molecule has 3 rings (SSSR count). The van der Waals surface area contributed by atoms with Crippen molar-refractivity contribution in [2.24, 2.45) is 11.3 Å². The van der Waals surface area contributed by atoms with E-state index in [-0.39, 0.29) is 25.0 Å². The highest BCUT2D eigenvalue weighted by molar-refractivity contribution is 7.88. The summed E-state index contributed by atoms with van der Waals surface area (Å²) in [5.41, 5.74) is 1.17. The van der Waals surface area contributed by atoms with Gasteiger partial charge in [-0.3, -0.25) is 4.79 Å². The summed E-state index contributed by atoms with van der Waals surface area (Å²) in [5, 5.41) is 9.98. The standard InChI is InChI=1S/C17H24N2O4S/c1-13-3-5-14(6-4-13)16(21)18-8-7-15-9-19(24(2,22)23)11-17(15,10-18)12-20/h3-6,15,20H,7-12H2,1-2H3. The van der Waals surface area contributed by atoms with Crippen molar-refractivity contribution in [1.29, 1.82) is 0 Å². The van der Waals surface area contributed by atoms with E-state index in [0.29, 0.717) is 31.6 Å². The number of likely N-dealkylation sites (tertiary alicyclic amines) is 1. The fraction of sp³-hybridized carbons (Fsp3) is 0.588. The molecule has 1 aromatic rings. The topological polar surface area (TPSA) is 77.9 Å². The lowest BCUT2D eigenvalue weighted by Gasteiger charge is -2.43. The summed E-state index contributed by atoms with van der Waals surface area (Å²) >= 11 is 0. The number of piperidine rings is 1. The van der Waals surface area contributed by atoms with E-state index in [1.807, 2.05) is 31.2 Å². The molecule has 0 aromatic heterocycles. The first-order valence-electron chi connectivity index (χ1n) is 8.17. The Morgan fingerprint density at radius 2 is 1.96 bits per heavy atom. The SMILES string of the molecule is Cc1ccc(C(=O)N2CCC3CN(S(C)(=O)=O)CC3(CO)C2)cc1. The minimum Gasteiger partial charge on any atom is -0.396 e. The first-order valence-corrected chi connectivity index (χ1v) is 10.0. The number of fused-ring (bicyclic) bond motifs is 1. The van der Waals surface area contributed by atoms with Crippen molar-refractivity contribution in [3.8, 4) is 0 Å². The molecule has 132 valence electrons. The first-order chi connectivity index (χ1) is 11.2. The third-order valence-electron chi connectivity index (χ3n) is 5.40. The highest BCUT2D eigenvalue weighted by atomic mass is 32.2. The van der Waals surface area contributed by atoms with Gasteiger partial charge in [-0.05, 0) is 31.4 Å². The summed E-state index contributed by atoms with van der Waals surface area (Å²) in [6.45, 7) is 3.57. The summed E-state index contributed by atoms with van der Waals surface area (Å²) in [6.07, 6.45) is 1.91. The van der Waals surface area contributed by atoms with Crippen LogP contribution in [0, 0.1) is 18.3 Å². The molecule has 1 aromatic carbocycles. The molecule has 24 heavy (non-hydrogen) atoms. The lowest BCUT2D eigenvalue weighted by atomic mass is 9.74. The van der Waals surface area contributed by atoms with Crippen LogP contribution < -0.4 is 0 Å². The van der Waals surface area contributed by atoms with E-state index in [2.05, 4.69) is 0 Å². The van der Waals surface area contributed by atoms with Crippen molar-refractivity contribution in [2.45, 2.75) is 13.3 Å². The second-order valence-corrected chi connectivity index (χ2v) is 9.14. The predicted octanol–water partition coefficient (Wildman–Crippen LogP) is 0.711. The van der Waals surface area contributed by atoms with Gasteiger partial charge in [-0.2, -0.15) is 0 Å². The third-order valence-corrected chi connectivity index (χ3v) is 6.62. The molecule has 2 atom stereocenters. The maximum absolute atomic E-state index is 12.7. The lowest BCUT2D eigenvalue weighted by Crippen LogP contribution is -2.52. The Bertz CT molecular complexity index is 731. The van der Waals surface area contributed by atoms with E-state index in [1.54, 1.807) is 4.90 Å². The second-order valence-electron chi connectivity index (χ2n) is 7.15. The Morgan fingerprint density at radius 1 is 1.29 bits per heavy atom. The Hall–Kier alpha value is -1.44. The number of carbonyl (C=O) groups excluding carboxylic acids is 1. The van der Waals surface area contributed by atoms with Gasteiger partial charge in [0.25, 0.3) is 5.91 Å². The largest absolute Gasteiger partial charge is 0.396 e. The number of carbonyl (C=O) groups is 1. The monoisotopic (exact) mass is 352 g/mol. The van der Waals surface area contributed by atoms with Gasteiger partial charge in [0.05, 0.1) is 12.9 Å². The molecule has 0 bridgehead atoms. The quantitative estimate of drug-likeness (QED) is 0.869. The van der Waals surface area contributed by atoms with Crippen LogP contribution in [-0.4, -0.2) is 67.7 Å². The van der Waals surface area contributed by atoms with Gasteiger partial charge in [-0.1, -0.05) is 17.7 Å². The molecule has 1 amide bonds. The van der Waals surface area contributed by atoms with Gasteiger partial charge in [-0.15, -0.1) is 0 Å². The third kappa shape index (κ3) is 3.08. The summed E-state index contributed by atoms with van der Waals surface area (Å²) in [4.78, 5) is 14.5. The molecule has 2 aliphatic heterocycles. The van der Waals surface area contributed by atoms with Gasteiger partial charge in [0, 0.05) is 37.2 Å². The smallest absolute Gasteiger partial charge is 0.253 e.